The fraction of sp³-hybridized carbons (Fsp3) is 0.278. The van der Waals surface area contributed by atoms with Crippen LogP contribution in [0.5, 0.6) is 0 Å². The molecule has 4 rings (SSSR count). The summed E-state index contributed by atoms with van der Waals surface area (Å²) in [7, 11) is 0. The lowest BCUT2D eigenvalue weighted by atomic mass is 9.97. The number of carbonyl (C=O) groups is 1. The highest BCUT2D eigenvalue weighted by atomic mass is 35.5. The zero-order chi connectivity index (χ0) is 19.7. The van der Waals surface area contributed by atoms with E-state index in [1.54, 1.807) is 11.3 Å². The highest BCUT2D eigenvalue weighted by Gasteiger charge is 2.20. The molecule has 28 heavy (non-hydrogen) atoms. The Balaban J connectivity index is 1.49. The first kappa shape index (κ1) is 19.1. The number of anilines is 1. The first-order chi connectivity index (χ1) is 13.5. The quantitative estimate of drug-likeness (QED) is 0.266. The van der Waals surface area contributed by atoms with Gasteiger partial charge >= 0.3 is 0 Å². The summed E-state index contributed by atoms with van der Waals surface area (Å²) in [4.78, 5) is 33.9. The zero-order valence-corrected chi connectivity index (χ0v) is 17.0. The molecule has 0 spiro atoms. The molecule has 0 unspecified atom stereocenters. The Hall–Kier alpha value is -2.23. The van der Waals surface area contributed by atoms with E-state index in [4.69, 9.17) is 11.6 Å². The van der Waals surface area contributed by atoms with Crippen molar-refractivity contribution in [1.29, 1.82) is 0 Å². The number of nitrogens with one attached hydrogen (secondary N) is 1. The molecule has 3 aromatic rings. The van der Waals surface area contributed by atoms with Crippen molar-refractivity contribution in [2.45, 2.75) is 30.7 Å². The second-order valence-electron chi connectivity index (χ2n) is 6.33. The van der Waals surface area contributed by atoms with Crippen LogP contribution in [-0.2, 0) is 17.6 Å². The number of thioether (sulfide) groups is 1. The van der Waals surface area contributed by atoms with Crippen LogP contribution in [0.15, 0.2) is 29.6 Å². The molecule has 10 heteroatoms. The number of hydrogen-bond acceptors (Lipinski definition) is 7. The van der Waals surface area contributed by atoms with Crippen molar-refractivity contribution in [3.63, 3.8) is 0 Å². The third kappa shape index (κ3) is 3.82. The standard InChI is InChI=1S/C18H15ClN4O3S2/c19-12-6-5-10(7-13(12)23(25)26)22-15(24)8-27-17-16-11-3-1-2-4-14(11)28-18(16)21-9-20-17/h5-7,9H,1-4,8H2,(H,22,24). The number of nitro groups is 1. The number of nitrogens with zero attached hydrogens (tertiary/aromatic N) is 3. The maximum absolute atomic E-state index is 12.3. The Kier molecular flexibility index (Phi) is 5.47. The van der Waals surface area contributed by atoms with E-state index in [0.717, 1.165) is 34.5 Å². The number of benzene rings is 1. The van der Waals surface area contributed by atoms with Gasteiger partial charge in [-0.05, 0) is 43.4 Å². The zero-order valence-electron chi connectivity index (χ0n) is 14.6. The average Bonchev–Trinajstić information content (AvgIpc) is 3.07. The van der Waals surface area contributed by atoms with E-state index in [1.807, 2.05) is 0 Å². The number of nitro benzene ring substituents is 1. The van der Waals surface area contributed by atoms with Gasteiger partial charge in [0.25, 0.3) is 5.69 Å². The van der Waals surface area contributed by atoms with Crippen molar-refractivity contribution in [2.75, 3.05) is 11.1 Å². The number of aromatic nitrogens is 2. The largest absolute Gasteiger partial charge is 0.325 e. The number of thiophene rings is 1. The van der Waals surface area contributed by atoms with Gasteiger partial charge in [0.2, 0.25) is 5.91 Å². The SMILES string of the molecule is O=C(CSc1ncnc2sc3c(c12)CCCC3)Nc1ccc(Cl)c([N+](=O)[O-])c1. The van der Waals surface area contributed by atoms with Crippen molar-refractivity contribution in [2.24, 2.45) is 0 Å². The highest BCUT2D eigenvalue weighted by molar-refractivity contribution is 8.00. The maximum atomic E-state index is 12.3. The number of amides is 1. The van der Waals surface area contributed by atoms with Gasteiger partial charge in [-0.1, -0.05) is 23.4 Å². The third-order valence-corrected chi connectivity index (χ3v) is 6.99. The second kappa shape index (κ2) is 8.02. The fourth-order valence-corrected chi connectivity index (χ4v) is 5.54. The highest BCUT2D eigenvalue weighted by Crippen LogP contribution is 2.39. The molecule has 2 heterocycles. The monoisotopic (exact) mass is 434 g/mol. The molecule has 1 aromatic carbocycles. The second-order valence-corrected chi connectivity index (χ2v) is 8.78. The predicted octanol–water partition coefficient (Wildman–Crippen LogP) is 4.86. The average molecular weight is 435 g/mol. The molecule has 0 bridgehead atoms. The molecule has 1 aliphatic rings. The van der Waals surface area contributed by atoms with E-state index in [9.17, 15) is 14.9 Å². The van der Waals surface area contributed by atoms with Gasteiger partial charge in [-0.3, -0.25) is 14.9 Å². The number of carbonyl (C=O) groups excluding carboxylic acids is 1. The van der Waals surface area contributed by atoms with E-state index >= 15 is 0 Å². The van der Waals surface area contributed by atoms with Crippen LogP contribution in [0.3, 0.4) is 0 Å². The molecule has 7 nitrogen and oxygen atoms in total. The Bertz CT molecular complexity index is 1090. The van der Waals surface area contributed by atoms with Crippen molar-refractivity contribution < 1.29 is 9.72 Å². The molecule has 0 fully saturated rings. The van der Waals surface area contributed by atoms with Gasteiger partial charge in [0.15, 0.2) is 0 Å². The van der Waals surface area contributed by atoms with E-state index in [1.165, 1.54) is 53.1 Å². The summed E-state index contributed by atoms with van der Waals surface area (Å²) in [6.07, 6.45) is 6.00. The van der Waals surface area contributed by atoms with Gasteiger partial charge in [-0.15, -0.1) is 11.3 Å². The van der Waals surface area contributed by atoms with Crippen LogP contribution >= 0.6 is 34.7 Å². The molecular formula is C18H15ClN4O3S2. The van der Waals surface area contributed by atoms with E-state index in [-0.39, 0.29) is 22.4 Å². The number of rotatable bonds is 5. The van der Waals surface area contributed by atoms with Gasteiger partial charge < -0.3 is 5.32 Å². The maximum Gasteiger partial charge on any atom is 0.289 e. The summed E-state index contributed by atoms with van der Waals surface area (Å²) in [6, 6.07) is 4.19. The normalized spacial score (nSPS) is 13.3. The van der Waals surface area contributed by atoms with Crippen molar-refractivity contribution >= 4 is 62.2 Å². The number of fused-ring (bicyclic) bond motifs is 3. The Morgan fingerprint density at radius 2 is 2.14 bits per heavy atom. The Morgan fingerprint density at radius 3 is 2.96 bits per heavy atom. The minimum atomic E-state index is -0.579. The topological polar surface area (TPSA) is 98.0 Å². The third-order valence-electron chi connectivity index (χ3n) is 4.48. The smallest absolute Gasteiger partial charge is 0.289 e. The van der Waals surface area contributed by atoms with Crippen LogP contribution in [0, 0.1) is 10.1 Å². The van der Waals surface area contributed by atoms with Crippen molar-refractivity contribution in [3.8, 4) is 0 Å². The van der Waals surface area contributed by atoms with Crippen LogP contribution in [0.2, 0.25) is 5.02 Å². The molecule has 0 atom stereocenters. The molecule has 0 radical (unpaired) electrons. The number of hydrogen-bond donors (Lipinski definition) is 1. The van der Waals surface area contributed by atoms with E-state index < -0.39 is 4.92 Å². The predicted molar refractivity (Wildman–Crippen MR) is 112 cm³/mol. The summed E-state index contributed by atoms with van der Waals surface area (Å²) in [5.41, 5.74) is 1.42. The van der Waals surface area contributed by atoms with Crippen molar-refractivity contribution in [1.82, 2.24) is 9.97 Å². The molecule has 0 saturated heterocycles. The van der Waals surface area contributed by atoms with Crippen LogP contribution in [0.4, 0.5) is 11.4 Å². The van der Waals surface area contributed by atoms with Crippen LogP contribution in [0.25, 0.3) is 10.2 Å². The van der Waals surface area contributed by atoms with Gasteiger partial charge in [-0.2, -0.15) is 0 Å². The summed E-state index contributed by atoms with van der Waals surface area (Å²) < 4.78 is 0. The number of aryl methyl sites for hydroxylation is 2. The lowest BCUT2D eigenvalue weighted by Gasteiger charge is -2.11. The Morgan fingerprint density at radius 1 is 1.32 bits per heavy atom. The lowest BCUT2D eigenvalue weighted by Crippen LogP contribution is -2.14. The van der Waals surface area contributed by atoms with Gasteiger partial charge in [0.05, 0.1) is 10.7 Å². The molecule has 1 amide bonds. The lowest BCUT2D eigenvalue weighted by molar-refractivity contribution is -0.384. The van der Waals surface area contributed by atoms with E-state index in [0.29, 0.717) is 5.69 Å². The molecular weight excluding hydrogens is 420 g/mol. The van der Waals surface area contributed by atoms with Crippen molar-refractivity contribution in [3.05, 3.63) is 50.1 Å². The minimum Gasteiger partial charge on any atom is -0.325 e. The van der Waals surface area contributed by atoms with Gasteiger partial charge in [-0.25, -0.2) is 9.97 Å². The van der Waals surface area contributed by atoms with Crippen LogP contribution in [-0.4, -0.2) is 26.6 Å². The molecule has 1 aliphatic carbocycles. The van der Waals surface area contributed by atoms with Crippen LogP contribution < -0.4 is 5.32 Å². The Labute approximate surface area is 173 Å². The summed E-state index contributed by atoms with van der Waals surface area (Å²) in [5, 5.41) is 15.6. The fourth-order valence-electron chi connectivity index (χ4n) is 3.23. The first-order valence-corrected chi connectivity index (χ1v) is 10.8. The summed E-state index contributed by atoms with van der Waals surface area (Å²) in [6.45, 7) is 0. The minimum absolute atomic E-state index is 0.0305. The molecule has 0 aliphatic heterocycles. The number of halogens is 1. The van der Waals surface area contributed by atoms with Crippen LogP contribution in [0.1, 0.15) is 23.3 Å². The summed E-state index contributed by atoms with van der Waals surface area (Å²) >= 11 is 8.87. The molecule has 1 N–H and O–H groups in total. The van der Waals surface area contributed by atoms with Gasteiger partial charge in [0.1, 0.15) is 21.2 Å². The van der Waals surface area contributed by atoms with E-state index in [2.05, 4.69) is 15.3 Å². The summed E-state index contributed by atoms with van der Waals surface area (Å²) in [5.74, 6) is -0.120. The molecule has 144 valence electrons. The van der Waals surface area contributed by atoms with Gasteiger partial charge in [0, 0.05) is 22.0 Å². The first-order valence-electron chi connectivity index (χ1n) is 8.65. The molecule has 2 aromatic heterocycles. The molecule has 0 saturated carbocycles.